The number of aromatic hydroxyl groups is 1. The number of phenolic OH excluding ortho intramolecular Hbond substituents is 1. The number of amides is 1. The highest BCUT2D eigenvalue weighted by Gasteiger charge is 2.31. The van der Waals surface area contributed by atoms with Crippen LogP contribution in [0.3, 0.4) is 0 Å². The third-order valence-corrected chi connectivity index (χ3v) is 4.74. The van der Waals surface area contributed by atoms with E-state index in [2.05, 4.69) is 5.32 Å². The number of esters is 1. The summed E-state index contributed by atoms with van der Waals surface area (Å²) in [7, 11) is 0. The number of carbonyl (C=O) groups excluding carboxylic acids is 2. The van der Waals surface area contributed by atoms with E-state index < -0.39 is 18.0 Å². The number of nitrogens with zero attached hydrogens (tertiary/aromatic N) is 1. The Labute approximate surface area is 158 Å². The standard InChI is InChI=1S/C21H24N2O4/c1-15(16-7-9-18(24)10-8-16)21(26)27-19(17-5-3-2-4-6-17)20(25)23-13-11-22-12-14-23/h2-10,15,19,22,24H,11-14H2,1H3. The van der Waals surface area contributed by atoms with Gasteiger partial charge >= 0.3 is 5.97 Å². The highest BCUT2D eigenvalue weighted by atomic mass is 16.5. The van der Waals surface area contributed by atoms with Crippen molar-refractivity contribution in [3.05, 3.63) is 65.7 Å². The van der Waals surface area contributed by atoms with E-state index in [1.165, 1.54) is 12.1 Å². The first kappa shape index (κ1) is 18.9. The predicted molar refractivity (Wildman–Crippen MR) is 101 cm³/mol. The topological polar surface area (TPSA) is 78.9 Å². The van der Waals surface area contributed by atoms with Crippen molar-refractivity contribution in [1.29, 1.82) is 0 Å². The second kappa shape index (κ2) is 8.68. The minimum atomic E-state index is -0.962. The molecule has 0 aromatic heterocycles. The van der Waals surface area contributed by atoms with Crippen molar-refractivity contribution in [2.45, 2.75) is 18.9 Å². The van der Waals surface area contributed by atoms with Gasteiger partial charge in [-0.3, -0.25) is 9.59 Å². The van der Waals surface area contributed by atoms with Gasteiger partial charge in [0.15, 0.2) is 0 Å². The number of hydrogen-bond acceptors (Lipinski definition) is 5. The molecular weight excluding hydrogens is 344 g/mol. The lowest BCUT2D eigenvalue weighted by Gasteiger charge is -2.31. The van der Waals surface area contributed by atoms with Gasteiger partial charge in [0, 0.05) is 31.7 Å². The van der Waals surface area contributed by atoms with Crippen molar-refractivity contribution < 1.29 is 19.4 Å². The number of benzene rings is 2. The van der Waals surface area contributed by atoms with Gasteiger partial charge in [-0.1, -0.05) is 42.5 Å². The molecule has 3 rings (SSSR count). The second-order valence-electron chi connectivity index (χ2n) is 6.62. The molecule has 6 heteroatoms. The lowest BCUT2D eigenvalue weighted by molar-refractivity contribution is -0.162. The monoisotopic (exact) mass is 368 g/mol. The Morgan fingerprint density at radius 3 is 2.26 bits per heavy atom. The predicted octanol–water partition coefficient (Wildman–Crippen LogP) is 2.21. The second-order valence-corrected chi connectivity index (χ2v) is 6.62. The van der Waals surface area contributed by atoms with Crippen LogP contribution >= 0.6 is 0 Å². The van der Waals surface area contributed by atoms with Gasteiger partial charge in [-0.2, -0.15) is 0 Å². The van der Waals surface area contributed by atoms with Crippen LogP contribution in [0.1, 0.15) is 30.1 Å². The molecule has 1 saturated heterocycles. The quantitative estimate of drug-likeness (QED) is 0.791. The summed E-state index contributed by atoms with van der Waals surface area (Å²) in [5.74, 6) is -1.09. The van der Waals surface area contributed by atoms with E-state index in [0.29, 0.717) is 18.7 Å². The molecule has 0 aliphatic carbocycles. The first-order valence-electron chi connectivity index (χ1n) is 9.10. The molecule has 1 aliphatic rings. The Morgan fingerprint density at radius 2 is 1.63 bits per heavy atom. The largest absolute Gasteiger partial charge is 0.508 e. The van der Waals surface area contributed by atoms with Crippen molar-refractivity contribution in [3.8, 4) is 5.75 Å². The summed E-state index contributed by atoms with van der Waals surface area (Å²) in [4.78, 5) is 27.5. The molecule has 2 unspecified atom stereocenters. The maximum atomic E-state index is 13.0. The van der Waals surface area contributed by atoms with Gasteiger partial charge in [0.05, 0.1) is 5.92 Å². The Kier molecular flexibility index (Phi) is 6.08. The summed E-state index contributed by atoms with van der Waals surface area (Å²) in [5, 5.41) is 12.6. The molecule has 27 heavy (non-hydrogen) atoms. The van der Waals surface area contributed by atoms with Crippen molar-refractivity contribution in [3.63, 3.8) is 0 Å². The third kappa shape index (κ3) is 4.65. The number of carbonyl (C=O) groups is 2. The number of nitrogens with one attached hydrogen (secondary N) is 1. The van der Waals surface area contributed by atoms with Crippen LogP contribution < -0.4 is 5.32 Å². The van der Waals surface area contributed by atoms with E-state index in [9.17, 15) is 14.7 Å². The van der Waals surface area contributed by atoms with Crippen molar-refractivity contribution in [2.24, 2.45) is 0 Å². The third-order valence-electron chi connectivity index (χ3n) is 4.74. The molecule has 2 atom stereocenters. The highest BCUT2D eigenvalue weighted by Crippen LogP contribution is 2.26. The Balaban J connectivity index is 1.79. The first-order chi connectivity index (χ1) is 13.1. The van der Waals surface area contributed by atoms with E-state index in [-0.39, 0.29) is 11.7 Å². The number of piperazine rings is 1. The average Bonchev–Trinajstić information content (AvgIpc) is 2.72. The SMILES string of the molecule is CC(C(=O)OC(C(=O)N1CCNCC1)c1ccccc1)c1ccc(O)cc1. The molecule has 0 bridgehead atoms. The van der Waals surface area contributed by atoms with E-state index in [0.717, 1.165) is 18.7 Å². The van der Waals surface area contributed by atoms with Crippen molar-refractivity contribution in [1.82, 2.24) is 10.2 Å². The van der Waals surface area contributed by atoms with Crippen LogP contribution in [0.5, 0.6) is 5.75 Å². The lowest BCUT2D eigenvalue weighted by atomic mass is 10.0. The summed E-state index contributed by atoms with van der Waals surface area (Å²) in [5.41, 5.74) is 1.38. The van der Waals surface area contributed by atoms with E-state index in [1.807, 2.05) is 18.2 Å². The fraction of sp³-hybridized carbons (Fsp3) is 0.333. The number of ether oxygens (including phenoxy) is 1. The molecule has 1 heterocycles. The minimum absolute atomic E-state index is 0.135. The molecule has 142 valence electrons. The molecule has 0 spiro atoms. The highest BCUT2D eigenvalue weighted by molar-refractivity contribution is 5.86. The molecule has 2 aromatic rings. The van der Waals surface area contributed by atoms with Gasteiger partial charge in [0.1, 0.15) is 5.75 Å². The smallest absolute Gasteiger partial charge is 0.314 e. The Hall–Kier alpha value is -2.86. The molecular formula is C21H24N2O4. The van der Waals surface area contributed by atoms with Crippen LogP contribution in [0.2, 0.25) is 0 Å². The molecule has 1 fully saturated rings. The summed E-state index contributed by atoms with van der Waals surface area (Å²) in [6.07, 6.45) is -0.962. The fourth-order valence-corrected chi connectivity index (χ4v) is 3.06. The van der Waals surface area contributed by atoms with Crippen LogP contribution in [0, 0.1) is 0 Å². The average molecular weight is 368 g/mol. The molecule has 1 aliphatic heterocycles. The summed E-state index contributed by atoms with van der Waals surface area (Å²) >= 11 is 0. The normalized spacial score (nSPS) is 16.4. The molecule has 0 radical (unpaired) electrons. The molecule has 2 N–H and O–H groups in total. The van der Waals surface area contributed by atoms with Crippen LogP contribution in [-0.4, -0.2) is 48.1 Å². The summed E-state index contributed by atoms with van der Waals surface area (Å²) in [6.45, 7) is 4.36. The van der Waals surface area contributed by atoms with E-state index in [1.54, 1.807) is 36.1 Å². The molecule has 1 amide bonds. The number of hydrogen-bond donors (Lipinski definition) is 2. The molecule has 6 nitrogen and oxygen atoms in total. The minimum Gasteiger partial charge on any atom is -0.508 e. The van der Waals surface area contributed by atoms with Gasteiger partial charge in [-0.25, -0.2) is 0 Å². The van der Waals surface area contributed by atoms with Gasteiger partial charge in [0.2, 0.25) is 6.10 Å². The molecule has 0 saturated carbocycles. The Morgan fingerprint density at radius 1 is 1.00 bits per heavy atom. The Bertz CT molecular complexity index is 771. The van der Waals surface area contributed by atoms with Crippen LogP contribution in [0.4, 0.5) is 0 Å². The van der Waals surface area contributed by atoms with Gasteiger partial charge in [0.25, 0.3) is 5.91 Å². The van der Waals surface area contributed by atoms with Crippen LogP contribution in [0.25, 0.3) is 0 Å². The number of phenols is 1. The zero-order chi connectivity index (χ0) is 19.2. The molecule has 2 aromatic carbocycles. The first-order valence-corrected chi connectivity index (χ1v) is 9.10. The van der Waals surface area contributed by atoms with Crippen molar-refractivity contribution in [2.75, 3.05) is 26.2 Å². The van der Waals surface area contributed by atoms with Gasteiger partial charge in [-0.05, 0) is 24.6 Å². The van der Waals surface area contributed by atoms with Crippen LogP contribution in [0.15, 0.2) is 54.6 Å². The summed E-state index contributed by atoms with van der Waals surface area (Å²) in [6, 6.07) is 15.5. The lowest BCUT2D eigenvalue weighted by Crippen LogP contribution is -2.48. The summed E-state index contributed by atoms with van der Waals surface area (Å²) < 4.78 is 5.68. The zero-order valence-corrected chi connectivity index (χ0v) is 15.3. The fourth-order valence-electron chi connectivity index (χ4n) is 3.06. The van der Waals surface area contributed by atoms with Gasteiger partial charge < -0.3 is 20.1 Å². The maximum Gasteiger partial charge on any atom is 0.314 e. The van der Waals surface area contributed by atoms with Crippen LogP contribution in [-0.2, 0) is 14.3 Å². The maximum absolute atomic E-state index is 13.0. The van der Waals surface area contributed by atoms with Crippen molar-refractivity contribution >= 4 is 11.9 Å². The zero-order valence-electron chi connectivity index (χ0n) is 15.3. The van der Waals surface area contributed by atoms with E-state index >= 15 is 0 Å². The van der Waals surface area contributed by atoms with E-state index in [4.69, 9.17) is 4.74 Å². The number of rotatable bonds is 5. The van der Waals surface area contributed by atoms with Gasteiger partial charge in [-0.15, -0.1) is 0 Å².